The molecule has 2 aromatic heterocycles. The molecule has 1 aromatic carbocycles. The molecule has 3 heterocycles. The van der Waals surface area contributed by atoms with Gasteiger partial charge in [0.15, 0.2) is 5.65 Å². The fourth-order valence-corrected chi connectivity index (χ4v) is 3.57. The Kier molecular flexibility index (Phi) is 4.19. The van der Waals surface area contributed by atoms with Crippen LogP contribution in [0.4, 0.5) is 0 Å². The van der Waals surface area contributed by atoms with Crippen molar-refractivity contribution in [1.82, 2.24) is 24.8 Å². The normalized spacial score (nSPS) is 17.9. The maximum Gasteiger partial charge on any atom is 0.256 e. The Morgan fingerprint density at radius 1 is 1.28 bits per heavy atom. The molecule has 1 aliphatic heterocycles. The lowest BCUT2D eigenvalue weighted by Gasteiger charge is -2.16. The van der Waals surface area contributed by atoms with Crippen LogP contribution in [0.5, 0.6) is 0 Å². The number of amides is 1. The number of aromatic nitrogens is 3. The van der Waals surface area contributed by atoms with E-state index in [0.717, 1.165) is 31.7 Å². The van der Waals surface area contributed by atoms with E-state index in [9.17, 15) is 4.79 Å². The third kappa shape index (κ3) is 3.00. The van der Waals surface area contributed by atoms with E-state index in [1.54, 1.807) is 19.4 Å². The SMILES string of the molecule is CNC(=O)c1cnn2c([C@H]3CCN(Cc4ccccc4)C3)ccnc12. The summed E-state index contributed by atoms with van der Waals surface area (Å²) in [7, 11) is 1.62. The third-order valence-electron chi connectivity index (χ3n) is 4.84. The van der Waals surface area contributed by atoms with Gasteiger partial charge in [-0.25, -0.2) is 9.50 Å². The summed E-state index contributed by atoms with van der Waals surface area (Å²) in [5, 5.41) is 7.06. The number of fused-ring (bicyclic) bond motifs is 1. The third-order valence-corrected chi connectivity index (χ3v) is 4.84. The summed E-state index contributed by atoms with van der Waals surface area (Å²) in [6.45, 7) is 3.02. The molecular formula is C19H21N5O. The molecule has 25 heavy (non-hydrogen) atoms. The highest BCUT2D eigenvalue weighted by molar-refractivity contribution is 5.99. The quantitative estimate of drug-likeness (QED) is 0.793. The van der Waals surface area contributed by atoms with Crippen LogP contribution in [0.1, 0.15) is 34.0 Å². The van der Waals surface area contributed by atoms with Gasteiger partial charge in [-0.3, -0.25) is 9.69 Å². The van der Waals surface area contributed by atoms with Crippen molar-refractivity contribution >= 4 is 11.6 Å². The Hall–Kier alpha value is -2.73. The Balaban J connectivity index is 1.56. The Morgan fingerprint density at radius 3 is 2.92 bits per heavy atom. The first-order valence-corrected chi connectivity index (χ1v) is 8.57. The van der Waals surface area contributed by atoms with Crippen LogP contribution < -0.4 is 5.32 Å². The van der Waals surface area contributed by atoms with Crippen molar-refractivity contribution in [3.8, 4) is 0 Å². The molecule has 3 aromatic rings. The molecule has 0 radical (unpaired) electrons. The van der Waals surface area contributed by atoms with E-state index in [2.05, 4.69) is 44.6 Å². The molecule has 4 rings (SSSR count). The molecule has 0 saturated carbocycles. The number of nitrogens with zero attached hydrogens (tertiary/aromatic N) is 4. The van der Waals surface area contributed by atoms with Crippen LogP contribution in [0, 0.1) is 0 Å². The van der Waals surface area contributed by atoms with Crippen molar-refractivity contribution in [3.05, 3.63) is 65.6 Å². The zero-order valence-corrected chi connectivity index (χ0v) is 14.2. The molecule has 1 saturated heterocycles. The molecule has 6 heteroatoms. The summed E-state index contributed by atoms with van der Waals surface area (Å²) in [6, 6.07) is 12.6. The maximum atomic E-state index is 12.0. The van der Waals surface area contributed by atoms with E-state index in [1.165, 1.54) is 5.56 Å². The molecule has 128 valence electrons. The fraction of sp³-hybridized carbons (Fsp3) is 0.316. The summed E-state index contributed by atoms with van der Waals surface area (Å²) in [4.78, 5) is 18.8. The summed E-state index contributed by atoms with van der Waals surface area (Å²) >= 11 is 0. The second-order valence-corrected chi connectivity index (χ2v) is 6.45. The van der Waals surface area contributed by atoms with Crippen molar-refractivity contribution in [2.75, 3.05) is 20.1 Å². The van der Waals surface area contributed by atoms with Gasteiger partial charge in [-0.15, -0.1) is 0 Å². The van der Waals surface area contributed by atoms with Crippen LogP contribution in [-0.4, -0.2) is 45.5 Å². The van der Waals surface area contributed by atoms with E-state index in [0.29, 0.717) is 17.1 Å². The molecule has 0 spiro atoms. The van der Waals surface area contributed by atoms with Gasteiger partial charge < -0.3 is 5.32 Å². The lowest BCUT2D eigenvalue weighted by atomic mass is 10.0. The van der Waals surface area contributed by atoms with Crippen LogP contribution in [-0.2, 0) is 6.54 Å². The molecule has 6 nitrogen and oxygen atoms in total. The minimum atomic E-state index is -0.156. The van der Waals surface area contributed by atoms with Crippen LogP contribution in [0.3, 0.4) is 0 Å². The van der Waals surface area contributed by atoms with Gasteiger partial charge in [0.2, 0.25) is 0 Å². The van der Waals surface area contributed by atoms with Gasteiger partial charge in [-0.2, -0.15) is 5.10 Å². The van der Waals surface area contributed by atoms with Crippen molar-refractivity contribution in [3.63, 3.8) is 0 Å². The van der Waals surface area contributed by atoms with Crippen molar-refractivity contribution in [1.29, 1.82) is 0 Å². The summed E-state index contributed by atoms with van der Waals surface area (Å²) in [5.74, 6) is 0.239. The molecule has 0 unspecified atom stereocenters. The monoisotopic (exact) mass is 335 g/mol. The number of hydrogen-bond donors (Lipinski definition) is 1. The van der Waals surface area contributed by atoms with Gasteiger partial charge in [0.05, 0.1) is 11.9 Å². The lowest BCUT2D eigenvalue weighted by Crippen LogP contribution is -2.20. The zero-order valence-electron chi connectivity index (χ0n) is 14.2. The second kappa shape index (κ2) is 6.64. The minimum Gasteiger partial charge on any atom is -0.355 e. The molecule has 0 bridgehead atoms. The highest BCUT2D eigenvalue weighted by Gasteiger charge is 2.27. The van der Waals surface area contributed by atoms with E-state index < -0.39 is 0 Å². The number of rotatable bonds is 4. The van der Waals surface area contributed by atoms with Gasteiger partial charge in [0.1, 0.15) is 5.56 Å². The van der Waals surface area contributed by atoms with Gasteiger partial charge in [-0.1, -0.05) is 30.3 Å². The second-order valence-electron chi connectivity index (χ2n) is 6.45. The Labute approximate surface area is 146 Å². The first kappa shape index (κ1) is 15.8. The number of carbonyl (C=O) groups excluding carboxylic acids is 1. The maximum absolute atomic E-state index is 12.0. The van der Waals surface area contributed by atoms with E-state index >= 15 is 0 Å². The summed E-state index contributed by atoms with van der Waals surface area (Å²) in [6.07, 6.45) is 4.46. The molecule has 1 N–H and O–H groups in total. The van der Waals surface area contributed by atoms with Gasteiger partial charge >= 0.3 is 0 Å². The molecule has 1 amide bonds. The van der Waals surface area contributed by atoms with Gasteiger partial charge in [-0.05, 0) is 24.6 Å². The van der Waals surface area contributed by atoms with Crippen molar-refractivity contribution in [2.45, 2.75) is 18.9 Å². The average molecular weight is 335 g/mol. The van der Waals surface area contributed by atoms with Crippen molar-refractivity contribution in [2.24, 2.45) is 0 Å². The molecule has 0 aliphatic carbocycles. The number of carbonyl (C=O) groups is 1. The number of benzene rings is 1. The summed E-state index contributed by atoms with van der Waals surface area (Å²) in [5.41, 5.74) is 3.60. The van der Waals surface area contributed by atoms with Crippen molar-refractivity contribution < 1.29 is 4.79 Å². The van der Waals surface area contributed by atoms with Gasteiger partial charge in [0, 0.05) is 32.3 Å². The lowest BCUT2D eigenvalue weighted by molar-refractivity contribution is 0.0964. The van der Waals surface area contributed by atoms with E-state index in [4.69, 9.17) is 0 Å². The van der Waals surface area contributed by atoms with Crippen LogP contribution in [0.15, 0.2) is 48.8 Å². The fourth-order valence-electron chi connectivity index (χ4n) is 3.57. The topological polar surface area (TPSA) is 62.5 Å². The van der Waals surface area contributed by atoms with Crippen LogP contribution >= 0.6 is 0 Å². The number of likely N-dealkylation sites (tertiary alicyclic amines) is 1. The predicted molar refractivity (Wildman–Crippen MR) is 95.5 cm³/mol. The van der Waals surface area contributed by atoms with E-state index in [1.807, 2.05) is 16.6 Å². The number of hydrogen-bond acceptors (Lipinski definition) is 4. The Morgan fingerprint density at radius 2 is 2.12 bits per heavy atom. The minimum absolute atomic E-state index is 0.156. The first-order chi connectivity index (χ1) is 12.3. The predicted octanol–water partition coefficient (Wildman–Crippen LogP) is 2.08. The van der Waals surface area contributed by atoms with Gasteiger partial charge in [0.25, 0.3) is 5.91 Å². The highest BCUT2D eigenvalue weighted by atomic mass is 16.1. The highest BCUT2D eigenvalue weighted by Crippen LogP contribution is 2.28. The molecule has 1 fully saturated rings. The zero-order chi connectivity index (χ0) is 17.2. The number of nitrogens with one attached hydrogen (secondary N) is 1. The Bertz CT molecular complexity index is 889. The summed E-state index contributed by atoms with van der Waals surface area (Å²) < 4.78 is 1.82. The molecule has 1 aliphatic rings. The average Bonchev–Trinajstić information content (AvgIpc) is 3.28. The largest absolute Gasteiger partial charge is 0.355 e. The van der Waals surface area contributed by atoms with Crippen LogP contribution in [0.25, 0.3) is 5.65 Å². The molecule has 1 atom stereocenters. The van der Waals surface area contributed by atoms with Crippen LogP contribution in [0.2, 0.25) is 0 Å². The standard InChI is InChI=1S/C19H21N5O/c1-20-19(25)16-11-22-24-17(7-9-21-18(16)24)15-8-10-23(13-15)12-14-5-3-2-4-6-14/h2-7,9,11,15H,8,10,12-13H2,1H3,(H,20,25)/t15-/m0/s1. The first-order valence-electron chi connectivity index (χ1n) is 8.57. The van der Waals surface area contributed by atoms with E-state index in [-0.39, 0.29) is 5.91 Å². The smallest absolute Gasteiger partial charge is 0.256 e. The molecular weight excluding hydrogens is 314 g/mol.